The minimum Gasteiger partial charge on any atom is -0.480 e. The Morgan fingerprint density at radius 1 is 1.25 bits per heavy atom. The van der Waals surface area contributed by atoms with Crippen molar-refractivity contribution in [3.8, 4) is 0 Å². The van der Waals surface area contributed by atoms with E-state index in [1.54, 1.807) is 20.8 Å². The molecule has 0 fully saturated rings. The van der Waals surface area contributed by atoms with Crippen molar-refractivity contribution in [2.24, 2.45) is 0 Å². The van der Waals surface area contributed by atoms with Crippen LogP contribution in [0.1, 0.15) is 20.8 Å². The van der Waals surface area contributed by atoms with Crippen molar-refractivity contribution in [2.75, 3.05) is 19.6 Å². The first-order chi connectivity index (χ1) is 6.81. The van der Waals surface area contributed by atoms with Crippen LogP contribution in [0.25, 0.3) is 0 Å². The van der Waals surface area contributed by atoms with E-state index in [0.717, 1.165) is 0 Å². The molecule has 0 aromatic rings. The molecule has 6 nitrogen and oxygen atoms in total. The van der Waals surface area contributed by atoms with Crippen LogP contribution in [0.5, 0.6) is 0 Å². The first kappa shape index (κ1) is 17.4. The van der Waals surface area contributed by atoms with Crippen LogP contribution in [0.3, 0.4) is 0 Å². The van der Waals surface area contributed by atoms with Gasteiger partial charge in [-0.3, -0.25) is 4.79 Å². The van der Waals surface area contributed by atoms with Gasteiger partial charge in [0.1, 0.15) is 5.60 Å². The van der Waals surface area contributed by atoms with Gasteiger partial charge >= 0.3 is 12.1 Å². The fourth-order valence-corrected chi connectivity index (χ4v) is 0.762. The molecule has 3 N–H and O–H groups in total. The van der Waals surface area contributed by atoms with Gasteiger partial charge in [0.2, 0.25) is 0 Å². The van der Waals surface area contributed by atoms with E-state index in [2.05, 4.69) is 10.6 Å². The minimum absolute atomic E-state index is 0. The number of hydrogen-bond donors (Lipinski definition) is 3. The molecular formula is C9H19ClN2O4. The maximum atomic E-state index is 11.1. The van der Waals surface area contributed by atoms with Crippen LogP contribution in [-0.4, -0.2) is 42.4 Å². The molecule has 0 atom stereocenters. The summed E-state index contributed by atoms with van der Waals surface area (Å²) < 4.78 is 4.97. The Bertz CT molecular complexity index is 228. The first-order valence-corrected chi connectivity index (χ1v) is 4.70. The van der Waals surface area contributed by atoms with Crippen LogP contribution in [0.2, 0.25) is 0 Å². The number of carboxylic acid groups (broad SMARTS) is 1. The van der Waals surface area contributed by atoms with E-state index in [-0.39, 0.29) is 19.0 Å². The summed E-state index contributed by atoms with van der Waals surface area (Å²) in [5, 5.41) is 13.4. The first-order valence-electron chi connectivity index (χ1n) is 4.70. The Balaban J connectivity index is 0. The lowest BCUT2D eigenvalue weighted by Gasteiger charge is -2.19. The molecule has 0 aromatic heterocycles. The van der Waals surface area contributed by atoms with E-state index in [1.807, 2.05) is 0 Å². The zero-order chi connectivity index (χ0) is 11.9. The van der Waals surface area contributed by atoms with Crippen molar-refractivity contribution in [1.29, 1.82) is 0 Å². The second-order valence-corrected chi connectivity index (χ2v) is 4.00. The van der Waals surface area contributed by atoms with E-state index in [1.165, 1.54) is 0 Å². The molecule has 0 saturated heterocycles. The van der Waals surface area contributed by atoms with Crippen LogP contribution in [0.15, 0.2) is 0 Å². The third-order valence-corrected chi connectivity index (χ3v) is 1.25. The molecule has 0 aliphatic carbocycles. The van der Waals surface area contributed by atoms with Gasteiger partial charge in [-0.25, -0.2) is 4.79 Å². The monoisotopic (exact) mass is 254 g/mol. The Kier molecular flexibility index (Phi) is 8.89. The largest absolute Gasteiger partial charge is 0.480 e. The number of carbonyl (C=O) groups excluding carboxylic acids is 1. The summed E-state index contributed by atoms with van der Waals surface area (Å²) in [6.45, 7) is 5.93. The van der Waals surface area contributed by atoms with Crippen LogP contribution >= 0.6 is 12.4 Å². The SMILES string of the molecule is CC(C)(C)OC(=O)NCCNCC(=O)O.Cl. The predicted molar refractivity (Wildman–Crippen MR) is 62.0 cm³/mol. The van der Waals surface area contributed by atoms with Gasteiger partial charge in [-0.2, -0.15) is 0 Å². The molecule has 0 bridgehead atoms. The second kappa shape index (κ2) is 8.18. The third-order valence-electron chi connectivity index (χ3n) is 1.25. The molecule has 0 saturated carbocycles. The maximum absolute atomic E-state index is 11.1. The Morgan fingerprint density at radius 2 is 1.81 bits per heavy atom. The van der Waals surface area contributed by atoms with E-state index in [9.17, 15) is 9.59 Å². The number of ether oxygens (including phenoxy) is 1. The van der Waals surface area contributed by atoms with Crippen molar-refractivity contribution < 1.29 is 19.4 Å². The number of carboxylic acids is 1. The van der Waals surface area contributed by atoms with Crippen molar-refractivity contribution >= 4 is 24.5 Å². The Labute approximate surface area is 101 Å². The molecule has 0 unspecified atom stereocenters. The topological polar surface area (TPSA) is 87.7 Å². The summed E-state index contributed by atoms with van der Waals surface area (Å²) in [4.78, 5) is 21.2. The molecule has 0 radical (unpaired) electrons. The molecule has 1 amide bonds. The number of alkyl carbamates (subject to hydrolysis) is 1. The number of halogens is 1. The molecule has 0 aromatic carbocycles. The minimum atomic E-state index is -0.924. The summed E-state index contributed by atoms with van der Waals surface area (Å²) in [6.07, 6.45) is -0.500. The summed E-state index contributed by atoms with van der Waals surface area (Å²) in [5.74, 6) is -0.924. The Morgan fingerprint density at radius 3 is 2.25 bits per heavy atom. The zero-order valence-electron chi connectivity index (χ0n) is 9.70. The average Bonchev–Trinajstić information content (AvgIpc) is 1.99. The normalized spacial score (nSPS) is 10.2. The summed E-state index contributed by atoms with van der Waals surface area (Å²) >= 11 is 0. The number of aliphatic carboxylic acids is 1. The van der Waals surface area contributed by atoms with Crippen molar-refractivity contribution in [3.63, 3.8) is 0 Å². The number of rotatable bonds is 5. The molecular weight excluding hydrogens is 236 g/mol. The highest BCUT2D eigenvalue weighted by atomic mass is 35.5. The number of hydrogen-bond acceptors (Lipinski definition) is 4. The van der Waals surface area contributed by atoms with Gasteiger partial charge in [0.05, 0.1) is 6.54 Å². The van der Waals surface area contributed by atoms with Gasteiger partial charge in [-0.15, -0.1) is 12.4 Å². The van der Waals surface area contributed by atoms with Crippen molar-refractivity contribution in [2.45, 2.75) is 26.4 Å². The summed E-state index contributed by atoms with van der Waals surface area (Å²) in [5.41, 5.74) is -0.515. The fraction of sp³-hybridized carbons (Fsp3) is 0.778. The number of amides is 1. The van der Waals surface area contributed by atoms with Gasteiger partial charge in [0.25, 0.3) is 0 Å². The smallest absolute Gasteiger partial charge is 0.407 e. The molecule has 0 heterocycles. The Hall–Kier alpha value is -1.01. The molecule has 0 spiro atoms. The highest BCUT2D eigenvalue weighted by Gasteiger charge is 2.15. The maximum Gasteiger partial charge on any atom is 0.407 e. The van der Waals surface area contributed by atoms with E-state index in [4.69, 9.17) is 9.84 Å². The van der Waals surface area contributed by atoms with Gasteiger partial charge in [-0.05, 0) is 20.8 Å². The van der Waals surface area contributed by atoms with Crippen LogP contribution < -0.4 is 10.6 Å². The molecule has 7 heteroatoms. The van der Waals surface area contributed by atoms with E-state index >= 15 is 0 Å². The predicted octanol–water partition coefficient (Wildman–Crippen LogP) is 0.607. The lowest BCUT2D eigenvalue weighted by molar-refractivity contribution is -0.135. The summed E-state index contributed by atoms with van der Waals surface area (Å²) in [6, 6.07) is 0. The molecule has 0 aliphatic heterocycles. The summed E-state index contributed by atoms with van der Waals surface area (Å²) in [7, 11) is 0. The van der Waals surface area contributed by atoms with Crippen LogP contribution in [0.4, 0.5) is 4.79 Å². The highest BCUT2D eigenvalue weighted by molar-refractivity contribution is 5.85. The van der Waals surface area contributed by atoms with Gasteiger partial charge < -0.3 is 20.5 Å². The fourth-order valence-electron chi connectivity index (χ4n) is 0.762. The van der Waals surface area contributed by atoms with Crippen LogP contribution in [0, 0.1) is 0 Å². The zero-order valence-corrected chi connectivity index (χ0v) is 10.5. The van der Waals surface area contributed by atoms with Gasteiger partial charge in [-0.1, -0.05) is 0 Å². The molecule has 96 valence electrons. The number of carbonyl (C=O) groups is 2. The van der Waals surface area contributed by atoms with E-state index < -0.39 is 17.7 Å². The third kappa shape index (κ3) is 13.0. The van der Waals surface area contributed by atoms with Crippen LogP contribution in [-0.2, 0) is 9.53 Å². The van der Waals surface area contributed by atoms with Gasteiger partial charge in [0, 0.05) is 13.1 Å². The molecule has 0 rings (SSSR count). The lowest BCUT2D eigenvalue weighted by atomic mass is 10.2. The second-order valence-electron chi connectivity index (χ2n) is 4.00. The van der Waals surface area contributed by atoms with Crippen molar-refractivity contribution in [3.05, 3.63) is 0 Å². The lowest BCUT2D eigenvalue weighted by Crippen LogP contribution is -2.37. The van der Waals surface area contributed by atoms with Crippen molar-refractivity contribution in [1.82, 2.24) is 10.6 Å². The molecule has 0 aliphatic rings. The van der Waals surface area contributed by atoms with Gasteiger partial charge in [0.15, 0.2) is 0 Å². The van der Waals surface area contributed by atoms with E-state index in [0.29, 0.717) is 13.1 Å². The average molecular weight is 255 g/mol. The number of nitrogens with one attached hydrogen (secondary N) is 2. The molecule has 16 heavy (non-hydrogen) atoms. The highest BCUT2D eigenvalue weighted by Crippen LogP contribution is 2.05. The quantitative estimate of drug-likeness (QED) is 0.626. The standard InChI is InChI=1S/C9H18N2O4.ClH/c1-9(2,3)15-8(14)11-5-4-10-6-7(12)13;/h10H,4-6H2,1-3H3,(H,11,14)(H,12,13);1H.